The monoisotopic (exact) mass is 426 g/mol. The highest BCUT2D eigenvalue weighted by Gasteiger charge is 2.73. The highest BCUT2D eigenvalue weighted by molar-refractivity contribution is 9.10. The van der Waals surface area contributed by atoms with Crippen LogP contribution in [0.4, 0.5) is 30.7 Å². The predicted molar refractivity (Wildman–Crippen MR) is 73.7 cm³/mol. The normalized spacial score (nSPS) is 13.4. The van der Waals surface area contributed by atoms with Crippen LogP contribution < -0.4 is 10.2 Å². The number of nitrogens with zero attached hydrogens (tertiary/aromatic N) is 1. The third-order valence-corrected chi connectivity index (χ3v) is 3.12. The fourth-order valence-corrected chi connectivity index (χ4v) is 1.83. The van der Waals surface area contributed by atoms with Gasteiger partial charge in [-0.1, -0.05) is 0 Å². The van der Waals surface area contributed by atoms with Gasteiger partial charge in [0.2, 0.25) is 0 Å². The maximum Gasteiger partial charge on any atom is 0.462 e. The Labute approximate surface area is 139 Å². The van der Waals surface area contributed by atoms with Crippen molar-refractivity contribution in [3.8, 4) is 11.5 Å². The van der Waals surface area contributed by atoms with Crippen molar-refractivity contribution < 1.29 is 40.6 Å². The summed E-state index contributed by atoms with van der Waals surface area (Å²) in [5, 5.41) is 12.3. The second-order valence-electron chi connectivity index (χ2n) is 4.30. The van der Waals surface area contributed by atoms with Gasteiger partial charge in [0, 0.05) is 0 Å². The van der Waals surface area contributed by atoms with Crippen LogP contribution in [0.3, 0.4) is 0 Å². The molecule has 2 N–H and O–H groups in total. The molecule has 0 saturated carbocycles. The first kappa shape index (κ1) is 20.3. The van der Waals surface area contributed by atoms with Gasteiger partial charge in [-0.3, -0.25) is 0 Å². The highest BCUT2D eigenvalue weighted by atomic mass is 79.9. The van der Waals surface area contributed by atoms with Crippen LogP contribution in [0.1, 0.15) is 12.5 Å². The fourth-order valence-electron chi connectivity index (χ4n) is 1.37. The van der Waals surface area contributed by atoms with E-state index in [0.29, 0.717) is 11.6 Å². The molecule has 0 unspecified atom stereocenters. The van der Waals surface area contributed by atoms with Gasteiger partial charge in [0.15, 0.2) is 11.5 Å². The summed E-state index contributed by atoms with van der Waals surface area (Å²) in [5.74, 6) is -6.69. The van der Waals surface area contributed by atoms with E-state index in [1.165, 1.54) is 0 Å². The van der Waals surface area contributed by atoms with Gasteiger partial charge in [-0.15, -0.1) is 0 Å². The Kier molecular flexibility index (Phi) is 5.95. The zero-order valence-corrected chi connectivity index (χ0v) is 13.4. The van der Waals surface area contributed by atoms with Gasteiger partial charge in [-0.05, 0) is 40.5 Å². The van der Waals surface area contributed by atoms with Crippen molar-refractivity contribution in [3.63, 3.8) is 0 Å². The summed E-state index contributed by atoms with van der Waals surface area (Å²) in [7, 11) is 0. The summed E-state index contributed by atoms with van der Waals surface area (Å²) in [6.07, 6.45) is -5.89. The summed E-state index contributed by atoms with van der Waals surface area (Å²) in [4.78, 5) is 0. The number of alkyl halides is 7. The molecule has 4 nitrogen and oxygen atoms in total. The van der Waals surface area contributed by atoms with Crippen LogP contribution >= 0.6 is 15.9 Å². The molecule has 0 aliphatic rings. The summed E-state index contributed by atoms with van der Waals surface area (Å²) in [6.45, 7) is 1.74. The van der Waals surface area contributed by atoms with Gasteiger partial charge in [-0.25, -0.2) is 5.43 Å². The Morgan fingerprint density at radius 2 is 1.79 bits per heavy atom. The van der Waals surface area contributed by atoms with Crippen LogP contribution in [0.15, 0.2) is 21.7 Å². The van der Waals surface area contributed by atoms with Gasteiger partial charge in [0.05, 0.1) is 17.3 Å². The molecule has 0 heterocycles. The lowest BCUT2D eigenvalue weighted by molar-refractivity contribution is -0.361. The maximum atomic E-state index is 13.0. The number of nitrogens with one attached hydrogen (secondary N) is 1. The summed E-state index contributed by atoms with van der Waals surface area (Å²) in [5.41, 5.74) is 0.475. The first-order valence-corrected chi connectivity index (χ1v) is 6.90. The highest BCUT2D eigenvalue weighted by Crippen LogP contribution is 2.45. The number of ether oxygens (including phenoxy) is 1. The van der Waals surface area contributed by atoms with E-state index in [1.807, 2.05) is 0 Å². The van der Waals surface area contributed by atoms with Gasteiger partial charge in [-0.2, -0.15) is 35.8 Å². The average Bonchev–Trinajstić information content (AvgIpc) is 2.42. The van der Waals surface area contributed by atoms with Crippen LogP contribution in [0.2, 0.25) is 0 Å². The standard InChI is InChI=1S/C12H10BrF7N2O2/c1-2-24-8-4-6(3-7(13)9(8)23)5-21-22-12(19,20)10(14,15)11(16,17)18/h3-5,22-23H,2H2,1H3/b21-5+. The Bertz CT molecular complexity index is 620. The van der Waals surface area contributed by atoms with Crippen LogP contribution in [0.5, 0.6) is 11.5 Å². The molecule has 1 aromatic rings. The quantitative estimate of drug-likeness (QED) is 0.309. The van der Waals surface area contributed by atoms with E-state index in [0.717, 1.165) is 12.1 Å². The number of aromatic hydroxyl groups is 1. The smallest absolute Gasteiger partial charge is 0.462 e. The number of rotatable bonds is 6. The number of hydrazone groups is 1. The van der Waals surface area contributed by atoms with E-state index in [9.17, 15) is 35.8 Å². The third kappa shape index (κ3) is 4.22. The Morgan fingerprint density at radius 1 is 1.21 bits per heavy atom. The number of halogens is 8. The van der Waals surface area contributed by atoms with E-state index in [-0.39, 0.29) is 28.1 Å². The Hall–Kier alpha value is -1.72. The Balaban J connectivity index is 2.99. The van der Waals surface area contributed by atoms with Crippen molar-refractivity contribution in [2.24, 2.45) is 5.10 Å². The molecule has 0 fully saturated rings. The van der Waals surface area contributed by atoms with Crippen molar-refractivity contribution in [1.82, 2.24) is 5.43 Å². The average molecular weight is 427 g/mol. The van der Waals surface area contributed by atoms with Gasteiger partial charge in [0.25, 0.3) is 0 Å². The van der Waals surface area contributed by atoms with Crippen molar-refractivity contribution in [2.75, 3.05) is 6.61 Å². The minimum atomic E-state index is -6.46. The molecule has 1 aromatic carbocycles. The number of hydrogen-bond acceptors (Lipinski definition) is 4. The number of phenolic OH excluding ortho intramolecular Hbond substituents is 1. The molecular formula is C12H10BrF7N2O2. The van der Waals surface area contributed by atoms with E-state index in [1.54, 1.807) is 6.92 Å². The van der Waals surface area contributed by atoms with Crippen LogP contribution in [0, 0.1) is 0 Å². The van der Waals surface area contributed by atoms with Gasteiger partial charge in [0.1, 0.15) is 0 Å². The molecule has 1 rings (SSSR count). The molecule has 0 bridgehead atoms. The maximum absolute atomic E-state index is 13.0. The molecule has 24 heavy (non-hydrogen) atoms. The molecule has 0 aliphatic heterocycles. The number of phenols is 1. The molecule has 0 atom stereocenters. The second kappa shape index (κ2) is 7.03. The minimum absolute atomic E-state index is 0.0123. The lowest BCUT2D eigenvalue weighted by Gasteiger charge is -2.27. The lowest BCUT2D eigenvalue weighted by atomic mass is 10.2. The summed E-state index contributed by atoms with van der Waals surface area (Å²) < 4.78 is 92.2. The number of hydrogen-bond donors (Lipinski definition) is 2. The van der Waals surface area contributed by atoms with E-state index < -0.39 is 18.1 Å². The number of benzene rings is 1. The van der Waals surface area contributed by atoms with E-state index in [2.05, 4.69) is 21.0 Å². The SMILES string of the molecule is CCOc1cc(/C=N/NC(F)(F)C(F)(F)C(F)(F)F)cc(Br)c1O. The van der Waals surface area contributed by atoms with E-state index >= 15 is 0 Å². The lowest BCUT2D eigenvalue weighted by Crippen LogP contribution is -2.58. The molecule has 0 saturated heterocycles. The van der Waals surface area contributed by atoms with Crippen molar-refractivity contribution >= 4 is 22.1 Å². The van der Waals surface area contributed by atoms with Crippen molar-refractivity contribution in [3.05, 3.63) is 22.2 Å². The van der Waals surface area contributed by atoms with Crippen molar-refractivity contribution in [2.45, 2.75) is 25.1 Å². The third-order valence-electron chi connectivity index (χ3n) is 2.52. The zero-order valence-electron chi connectivity index (χ0n) is 11.8. The fraction of sp³-hybridized carbons (Fsp3) is 0.417. The molecule has 12 heteroatoms. The van der Waals surface area contributed by atoms with Crippen LogP contribution in [-0.4, -0.2) is 36.1 Å². The van der Waals surface area contributed by atoms with Crippen LogP contribution in [0.25, 0.3) is 0 Å². The van der Waals surface area contributed by atoms with Gasteiger partial charge < -0.3 is 9.84 Å². The first-order valence-electron chi connectivity index (χ1n) is 6.11. The molecule has 0 aromatic heterocycles. The topological polar surface area (TPSA) is 53.8 Å². The van der Waals surface area contributed by atoms with Crippen LogP contribution in [-0.2, 0) is 0 Å². The predicted octanol–water partition coefficient (Wildman–Crippen LogP) is 4.27. The van der Waals surface area contributed by atoms with Gasteiger partial charge >= 0.3 is 18.1 Å². The largest absolute Gasteiger partial charge is 0.503 e. The first-order chi connectivity index (χ1) is 10.8. The summed E-state index contributed by atoms with van der Waals surface area (Å²) in [6, 6.07) is -3.38. The molecular weight excluding hydrogens is 417 g/mol. The molecule has 136 valence electrons. The molecule has 0 radical (unpaired) electrons. The second-order valence-corrected chi connectivity index (χ2v) is 5.15. The van der Waals surface area contributed by atoms with Crippen molar-refractivity contribution in [1.29, 1.82) is 0 Å². The molecule has 0 spiro atoms. The summed E-state index contributed by atoms with van der Waals surface area (Å²) >= 11 is 2.93. The molecule has 0 aliphatic carbocycles. The van der Waals surface area contributed by atoms with E-state index in [4.69, 9.17) is 4.74 Å². The minimum Gasteiger partial charge on any atom is -0.503 e. The zero-order chi connectivity index (χ0) is 18.8. The molecule has 0 amide bonds. The Morgan fingerprint density at radius 3 is 2.29 bits per heavy atom.